The molecule has 0 radical (unpaired) electrons. The third kappa shape index (κ3) is 5.54. The van der Waals surface area contributed by atoms with Gasteiger partial charge in [0.25, 0.3) is 0 Å². The summed E-state index contributed by atoms with van der Waals surface area (Å²) in [7, 11) is 1.60. The number of hydrogen-bond donors (Lipinski definition) is 2. The fourth-order valence-electron chi connectivity index (χ4n) is 1.76. The zero-order chi connectivity index (χ0) is 16.7. The smallest absolute Gasteiger partial charge is 0.317 e. The molecule has 5 nitrogen and oxygen atoms in total. The molecular weight excluding hydrogens is 339 g/mol. The molecule has 0 atom stereocenters. The molecule has 2 aromatic rings. The molecule has 0 aromatic heterocycles. The molecule has 0 heterocycles. The quantitative estimate of drug-likeness (QED) is 0.774. The molecule has 0 spiro atoms. The van der Waals surface area contributed by atoms with E-state index in [2.05, 4.69) is 10.6 Å². The Labute approximate surface area is 144 Å². The minimum absolute atomic E-state index is 0.00417. The average Bonchev–Trinajstić information content (AvgIpc) is 2.55. The molecule has 0 saturated heterocycles. The zero-order valence-electron chi connectivity index (χ0n) is 12.4. The second kappa shape index (κ2) is 8.50. The molecule has 0 saturated carbocycles. The van der Waals surface area contributed by atoms with Gasteiger partial charge in [-0.3, -0.25) is 0 Å². The van der Waals surface area contributed by atoms with Crippen LogP contribution in [0.15, 0.2) is 42.5 Å². The number of methoxy groups -OCH3 is 1. The van der Waals surface area contributed by atoms with E-state index in [1.165, 1.54) is 0 Å². The molecule has 2 rings (SSSR count). The predicted molar refractivity (Wildman–Crippen MR) is 90.3 cm³/mol. The SMILES string of the molecule is COc1ccc(CNC(=O)NCOc2ccc(Cl)cc2Cl)cc1. The number of nitrogens with one attached hydrogen (secondary N) is 2. The summed E-state index contributed by atoms with van der Waals surface area (Å²) in [5.41, 5.74) is 0.961. The number of rotatable bonds is 6. The summed E-state index contributed by atoms with van der Waals surface area (Å²) >= 11 is 11.8. The number of ether oxygens (including phenoxy) is 2. The van der Waals surface area contributed by atoms with Crippen molar-refractivity contribution in [2.75, 3.05) is 13.8 Å². The van der Waals surface area contributed by atoms with Crippen molar-refractivity contribution in [2.45, 2.75) is 6.54 Å². The highest BCUT2D eigenvalue weighted by atomic mass is 35.5. The van der Waals surface area contributed by atoms with Crippen LogP contribution in [0.1, 0.15) is 5.56 Å². The lowest BCUT2D eigenvalue weighted by Gasteiger charge is -2.11. The number of hydrogen-bond acceptors (Lipinski definition) is 3. The van der Waals surface area contributed by atoms with Gasteiger partial charge in [0.1, 0.15) is 11.5 Å². The van der Waals surface area contributed by atoms with Crippen molar-refractivity contribution in [1.82, 2.24) is 10.6 Å². The van der Waals surface area contributed by atoms with E-state index in [9.17, 15) is 4.79 Å². The molecule has 0 bridgehead atoms. The fraction of sp³-hybridized carbons (Fsp3) is 0.188. The highest BCUT2D eigenvalue weighted by Crippen LogP contribution is 2.27. The topological polar surface area (TPSA) is 59.6 Å². The van der Waals surface area contributed by atoms with Crippen LogP contribution < -0.4 is 20.1 Å². The average molecular weight is 355 g/mol. The number of carbonyl (C=O) groups excluding carboxylic acids is 1. The maximum Gasteiger partial charge on any atom is 0.317 e. The maximum absolute atomic E-state index is 11.7. The molecular formula is C16H16Cl2N2O3. The lowest BCUT2D eigenvalue weighted by Crippen LogP contribution is -2.37. The van der Waals surface area contributed by atoms with Crippen LogP contribution in [-0.4, -0.2) is 19.9 Å². The standard InChI is InChI=1S/C16H16Cl2N2O3/c1-22-13-5-2-11(3-6-13)9-19-16(21)20-10-23-15-7-4-12(17)8-14(15)18/h2-8H,9-10H2,1H3,(H2,19,20,21). The summed E-state index contributed by atoms with van der Waals surface area (Å²) in [4.78, 5) is 11.7. The van der Waals surface area contributed by atoms with Gasteiger partial charge in [0.2, 0.25) is 0 Å². The monoisotopic (exact) mass is 354 g/mol. The Bertz CT molecular complexity index is 663. The first-order chi connectivity index (χ1) is 11.1. The van der Waals surface area contributed by atoms with Gasteiger partial charge in [-0.05, 0) is 35.9 Å². The van der Waals surface area contributed by atoms with Crippen molar-refractivity contribution < 1.29 is 14.3 Å². The van der Waals surface area contributed by atoms with Gasteiger partial charge in [0, 0.05) is 11.6 Å². The van der Waals surface area contributed by atoms with E-state index in [1.54, 1.807) is 25.3 Å². The summed E-state index contributed by atoms with van der Waals surface area (Å²) in [6.07, 6.45) is 0. The Hall–Kier alpha value is -2.11. The molecule has 0 aliphatic heterocycles. The molecule has 0 unspecified atom stereocenters. The van der Waals surface area contributed by atoms with Crippen molar-refractivity contribution >= 4 is 29.2 Å². The number of amides is 2. The molecule has 2 aromatic carbocycles. The van der Waals surface area contributed by atoms with Crippen molar-refractivity contribution in [3.05, 3.63) is 58.1 Å². The van der Waals surface area contributed by atoms with Crippen LogP contribution in [0.3, 0.4) is 0 Å². The van der Waals surface area contributed by atoms with Crippen LogP contribution in [0.2, 0.25) is 10.0 Å². The van der Waals surface area contributed by atoms with Crippen molar-refractivity contribution in [2.24, 2.45) is 0 Å². The van der Waals surface area contributed by atoms with E-state index >= 15 is 0 Å². The lowest BCUT2D eigenvalue weighted by atomic mass is 10.2. The number of urea groups is 1. The van der Waals surface area contributed by atoms with E-state index < -0.39 is 0 Å². The minimum Gasteiger partial charge on any atom is -0.497 e. The van der Waals surface area contributed by atoms with Crippen molar-refractivity contribution in [3.8, 4) is 11.5 Å². The summed E-state index contributed by atoms with van der Waals surface area (Å²) in [5.74, 6) is 1.22. The molecule has 23 heavy (non-hydrogen) atoms. The van der Waals surface area contributed by atoms with E-state index in [0.717, 1.165) is 11.3 Å². The Kier molecular flexibility index (Phi) is 6.38. The molecule has 2 amide bonds. The third-order valence-corrected chi connectivity index (χ3v) is 3.50. The van der Waals surface area contributed by atoms with Crippen LogP contribution in [0.25, 0.3) is 0 Å². The van der Waals surface area contributed by atoms with Gasteiger partial charge in [0.05, 0.1) is 12.1 Å². The molecule has 0 aliphatic rings. The second-order valence-corrected chi connectivity index (χ2v) is 5.41. The van der Waals surface area contributed by atoms with Crippen LogP contribution >= 0.6 is 23.2 Å². The summed E-state index contributed by atoms with van der Waals surface area (Å²) in [6, 6.07) is 12.0. The molecule has 7 heteroatoms. The molecule has 2 N–H and O–H groups in total. The first-order valence-corrected chi connectivity index (χ1v) is 7.56. The third-order valence-electron chi connectivity index (χ3n) is 2.97. The van der Waals surface area contributed by atoms with Crippen molar-refractivity contribution in [1.29, 1.82) is 0 Å². The van der Waals surface area contributed by atoms with Crippen LogP contribution in [0.5, 0.6) is 11.5 Å². The minimum atomic E-state index is -0.342. The van der Waals surface area contributed by atoms with Gasteiger partial charge in [-0.1, -0.05) is 35.3 Å². The zero-order valence-corrected chi connectivity index (χ0v) is 13.9. The van der Waals surface area contributed by atoms with Gasteiger partial charge in [-0.2, -0.15) is 0 Å². The second-order valence-electron chi connectivity index (χ2n) is 4.57. The van der Waals surface area contributed by atoms with Gasteiger partial charge < -0.3 is 20.1 Å². The van der Waals surface area contributed by atoms with Gasteiger partial charge in [0.15, 0.2) is 6.73 Å². The van der Waals surface area contributed by atoms with Gasteiger partial charge in [-0.15, -0.1) is 0 Å². The first-order valence-electron chi connectivity index (χ1n) is 6.81. The van der Waals surface area contributed by atoms with Gasteiger partial charge in [-0.25, -0.2) is 4.79 Å². The Morgan fingerprint density at radius 2 is 1.83 bits per heavy atom. The summed E-state index contributed by atoms with van der Waals surface area (Å²) in [5, 5.41) is 6.21. The van der Waals surface area contributed by atoms with E-state index in [4.69, 9.17) is 32.7 Å². The van der Waals surface area contributed by atoms with E-state index in [1.807, 2.05) is 24.3 Å². The van der Waals surface area contributed by atoms with Gasteiger partial charge >= 0.3 is 6.03 Å². The van der Waals surface area contributed by atoms with Crippen LogP contribution in [-0.2, 0) is 6.54 Å². The molecule has 0 aliphatic carbocycles. The van der Waals surface area contributed by atoms with Crippen LogP contribution in [0.4, 0.5) is 4.79 Å². The molecule has 0 fully saturated rings. The van der Waals surface area contributed by atoms with Crippen LogP contribution in [0, 0.1) is 0 Å². The summed E-state index contributed by atoms with van der Waals surface area (Å²) < 4.78 is 10.4. The lowest BCUT2D eigenvalue weighted by molar-refractivity contribution is 0.223. The van der Waals surface area contributed by atoms with Crippen molar-refractivity contribution in [3.63, 3.8) is 0 Å². The number of benzene rings is 2. The Morgan fingerprint density at radius 1 is 1.09 bits per heavy atom. The Morgan fingerprint density at radius 3 is 2.48 bits per heavy atom. The number of halogens is 2. The number of carbonyl (C=O) groups is 1. The van der Waals surface area contributed by atoms with E-state index in [-0.39, 0.29) is 12.8 Å². The summed E-state index contributed by atoms with van der Waals surface area (Å²) in [6.45, 7) is 0.396. The fourth-order valence-corrected chi connectivity index (χ4v) is 2.22. The predicted octanol–water partition coefficient (Wildman–Crippen LogP) is 3.84. The highest BCUT2D eigenvalue weighted by molar-refractivity contribution is 6.35. The molecule has 122 valence electrons. The highest BCUT2D eigenvalue weighted by Gasteiger charge is 2.04. The first kappa shape index (κ1) is 17.2. The largest absolute Gasteiger partial charge is 0.497 e. The maximum atomic E-state index is 11.7. The normalized spacial score (nSPS) is 10.0. The van der Waals surface area contributed by atoms with E-state index in [0.29, 0.717) is 22.3 Å². The Balaban J connectivity index is 1.72.